The Balaban J connectivity index is 1.18. The third-order valence-electron chi connectivity index (χ3n) is 5.70. The largest absolute Gasteiger partial charge is 0.493 e. The molecule has 0 atom stereocenters. The number of ether oxygens (including phenoxy) is 1. The highest BCUT2D eigenvalue weighted by atomic mass is 32.1. The van der Waals surface area contributed by atoms with Gasteiger partial charge in [-0.25, -0.2) is 0 Å². The number of nitrogens with one attached hydrogen (secondary N) is 3. The predicted octanol–water partition coefficient (Wildman–Crippen LogP) is 3.40. The Morgan fingerprint density at radius 1 is 0.914 bits per heavy atom. The molecule has 180 valence electrons. The number of nitrogens with zero attached hydrogens (tertiary/aromatic N) is 1. The topological polar surface area (TPSA) is 82.7 Å². The molecule has 0 spiro atoms. The zero-order chi connectivity index (χ0) is 24.5. The van der Waals surface area contributed by atoms with Gasteiger partial charge in [-0.3, -0.25) is 25.8 Å². The van der Waals surface area contributed by atoms with E-state index in [1.165, 1.54) is 11.1 Å². The van der Waals surface area contributed by atoms with Crippen molar-refractivity contribution in [1.29, 1.82) is 0 Å². The maximum absolute atomic E-state index is 12.5. The Bertz CT molecular complexity index is 1170. The predicted molar refractivity (Wildman–Crippen MR) is 140 cm³/mol. The number of hydrogen-bond acceptors (Lipinski definition) is 5. The second-order valence-electron chi connectivity index (χ2n) is 8.22. The standard InChI is InChI=1S/C27H28N4O3S/c32-25(19-31-17-6-10-21-9-4-5-11-24(21)31)29-30-27(35)28-26(33)22-12-14-23(15-13-22)34-18-16-20-7-2-1-3-8-20/h1-5,7-9,11-15H,6,10,16-19H2,(H,29,32)(H2,28,30,33,35). The Morgan fingerprint density at radius 3 is 2.46 bits per heavy atom. The van der Waals surface area contributed by atoms with Crippen LogP contribution < -0.4 is 25.8 Å². The van der Waals surface area contributed by atoms with Gasteiger partial charge < -0.3 is 9.64 Å². The van der Waals surface area contributed by atoms with Crippen molar-refractivity contribution in [2.24, 2.45) is 0 Å². The summed E-state index contributed by atoms with van der Waals surface area (Å²) in [5.41, 5.74) is 9.12. The number of rotatable bonds is 7. The van der Waals surface area contributed by atoms with E-state index < -0.39 is 0 Å². The van der Waals surface area contributed by atoms with Crippen LogP contribution in [0, 0.1) is 0 Å². The minimum absolute atomic E-state index is 0.0191. The maximum atomic E-state index is 12.5. The van der Waals surface area contributed by atoms with Crippen LogP contribution in [-0.4, -0.2) is 36.6 Å². The molecule has 35 heavy (non-hydrogen) atoms. The molecule has 3 aromatic carbocycles. The fraction of sp³-hybridized carbons (Fsp3) is 0.222. The average molecular weight is 489 g/mol. The summed E-state index contributed by atoms with van der Waals surface area (Å²) in [6.07, 6.45) is 2.82. The lowest BCUT2D eigenvalue weighted by Gasteiger charge is -2.30. The number of benzene rings is 3. The second kappa shape index (κ2) is 12.0. The number of amides is 2. The highest BCUT2D eigenvalue weighted by molar-refractivity contribution is 7.80. The maximum Gasteiger partial charge on any atom is 0.257 e. The number of para-hydroxylation sites is 1. The van der Waals surface area contributed by atoms with Crippen LogP contribution in [0.15, 0.2) is 78.9 Å². The van der Waals surface area contributed by atoms with E-state index in [0.717, 1.165) is 31.5 Å². The van der Waals surface area contributed by atoms with Gasteiger partial charge >= 0.3 is 0 Å². The van der Waals surface area contributed by atoms with Crippen molar-refractivity contribution in [3.63, 3.8) is 0 Å². The zero-order valence-electron chi connectivity index (χ0n) is 19.3. The summed E-state index contributed by atoms with van der Waals surface area (Å²) < 4.78 is 5.75. The number of anilines is 1. The van der Waals surface area contributed by atoms with Crippen LogP contribution in [0.1, 0.15) is 27.9 Å². The first-order chi connectivity index (χ1) is 17.1. The molecular weight excluding hydrogens is 460 g/mol. The van der Waals surface area contributed by atoms with Crippen LogP contribution in [0.5, 0.6) is 5.75 Å². The molecule has 0 saturated carbocycles. The van der Waals surface area contributed by atoms with Gasteiger partial charge in [0, 0.05) is 24.2 Å². The third kappa shape index (κ3) is 7.04. The summed E-state index contributed by atoms with van der Waals surface area (Å²) in [6.45, 7) is 1.57. The van der Waals surface area contributed by atoms with Gasteiger partial charge in [-0.1, -0.05) is 48.5 Å². The molecule has 0 radical (unpaired) electrons. The molecule has 0 aliphatic carbocycles. The van der Waals surface area contributed by atoms with E-state index in [9.17, 15) is 9.59 Å². The first-order valence-corrected chi connectivity index (χ1v) is 12.0. The van der Waals surface area contributed by atoms with Gasteiger partial charge in [0.1, 0.15) is 5.75 Å². The highest BCUT2D eigenvalue weighted by Crippen LogP contribution is 2.26. The molecule has 8 heteroatoms. The fourth-order valence-corrected chi connectivity index (χ4v) is 4.10. The van der Waals surface area contributed by atoms with Gasteiger partial charge in [0.15, 0.2) is 5.11 Å². The minimum Gasteiger partial charge on any atom is -0.493 e. The van der Waals surface area contributed by atoms with E-state index in [2.05, 4.69) is 34.4 Å². The number of hydrogen-bond donors (Lipinski definition) is 3. The molecule has 4 rings (SSSR count). The number of hydrazine groups is 1. The smallest absolute Gasteiger partial charge is 0.257 e. The van der Waals surface area contributed by atoms with E-state index in [4.69, 9.17) is 17.0 Å². The van der Waals surface area contributed by atoms with Crippen molar-refractivity contribution in [2.45, 2.75) is 19.3 Å². The van der Waals surface area contributed by atoms with Gasteiger partial charge in [-0.05, 0) is 66.5 Å². The molecule has 0 fully saturated rings. The third-order valence-corrected chi connectivity index (χ3v) is 5.91. The van der Waals surface area contributed by atoms with Crippen molar-refractivity contribution in [3.8, 4) is 5.75 Å². The molecule has 7 nitrogen and oxygen atoms in total. The number of aryl methyl sites for hydroxylation is 1. The quantitative estimate of drug-likeness (QED) is 0.349. The van der Waals surface area contributed by atoms with Crippen LogP contribution in [0.4, 0.5) is 5.69 Å². The molecule has 0 aromatic heterocycles. The van der Waals surface area contributed by atoms with Crippen molar-refractivity contribution >= 4 is 34.8 Å². The first-order valence-electron chi connectivity index (χ1n) is 11.6. The average Bonchev–Trinajstić information content (AvgIpc) is 2.89. The fourth-order valence-electron chi connectivity index (χ4n) is 3.96. The molecule has 0 unspecified atom stereocenters. The van der Waals surface area contributed by atoms with E-state index in [0.29, 0.717) is 17.9 Å². The minimum atomic E-state index is -0.377. The summed E-state index contributed by atoms with van der Waals surface area (Å²) in [4.78, 5) is 26.9. The molecule has 0 bridgehead atoms. The lowest BCUT2D eigenvalue weighted by molar-refractivity contribution is -0.120. The lowest BCUT2D eigenvalue weighted by atomic mass is 10.0. The number of carbonyl (C=O) groups is 2. The Morgan fingerprint density at radius 2 is 1.66 bits per heavy atom. The molecule has 1 aliphatic heterocycles. The zero-order valence-corrected chi connectivity index (χ0v) is 20.1. The van der Waals surface area contributed by atoms with E-state index in [-0.39, 0.29) is 23.5 Å². The van der Waals surface area contributed by atoms with E-state index >= 15 is 0 Å². The van der Waals surface area contributed by atoms with Crippen LogP contribution in [0.25, 0.3) is 0 Å². The summed E-state index contributed by atoms with van der Waals surface area (Å²) in [6, 6.07) is 25.0. The van der Waals surface area contributed by atoms with Crippen molar-refractivity contribution < 1.29 is 14.3 Å². The summed E-state index contributed by atoms with van der Waals surface area (Å²) in [5, 5.41) is 2.59. The molecule has 1 heterocycles. The van der Waals surface area contributed by atoms with Crippen LogP contribution in [0.2, 0.25) is 0 Å². The molecule has 2 amide bonds. The SMILES string of the molecule is O=C(CN1CCCc2ccccc21)NNC(=S)NC(=O)c1ccc(OCCc2ccccc2)cc1. The number of fused-ring (bicyclic) bond motifs is 1. The Labute approximate surface area is 210 Å². The van der Waals surface area contributed by atoms with Crippen LogP contribution >= 0.6 is 12.2 Å². The highest BCUT2D eigenvalue weighted by Gasteiger charge is 2.18. The van der Waals surface area contributed by atoms with E-state index in [1.807, 2.05) is 41.3 Å². The van der Waals surface area contributed by atoms with Crippen LogP contribution in [0.3, 0.4) is 0 Å². The van der Waals surface area contributed by atoms with Gasteiger partial charge in [-0.15, -0.1) is 0 Å². The lowest BCUT2D eigenvalue weighted by Crippen LogP contribution is -2.51. The molecule has 0 saturated heterocycles. The summed E-state index contributed by atoms with van der Waals surface area (Å²) in [5.74, 6) is 0.0672. The Hall–Kier alpha value is -3.91. The van der Waals surface area contributed by atoms with Gasteiger partial charge in [0.05, 0.1) is 13.2 Å². The Kier molecular flexibility index (Phi) is 8.30. The number of thiocarbonyl (C=S) groups is 1. The molecule has 3 aromatic rings. The monoisotopic (exact) mass is 488 g/mol. The van der Waals surface area contributed by atoms with Crippen molar-refractivity contribution in [2.75, 3.05) is 24.6 Å². The first kappa shape index (κ1) is 24.2. The second-order valence-corrected chi connectivity index (χ2v) is 8.63. The molecular formula is C27H28N4O3S. The van der Waals surface area contributed by atoms with E-state index in [1.54, 1.807) is 24.3 Å². The van der Waals surface area contributed by atoms with Gasteiger partial charge in [0.25, 0.3) is 11.8 Å². The summed E-state index contributed by atoms with van der Waals surface area (Å²) >= 11 is 5.15. The van der Waals surface area contributed by atoms with Gasteiger partial charge in [-0.2, -0.15) is 0 Å². The molecule has 3 N–H and O–H groups in total. The number of carbonyl (C=O) groups excluding carboxylic acids is 2. The molecule has 1 aliphatic rings. The summed E-state index contributed by atoms with van der Waals surface area (Å²) in [7, 11) is 0. The van der Waals surface area contributed by atoms with Crippen molar-refractivity contribution in [1.82, 2.24) is 16.2 Å². The van der Waals surface area contributed by atoms with Gasteiger partial charge in [0.2, 0.25) is 0 Å². The van der Waals surface area contributed by atoms with Crippen LogP contribution in [-0.2, 0) is 17.6 Å². The van der Waals surface area contributed by atoms with Crippen molar-refractivity contribution in [3.05, 3.63) is 95.6 Å². The normalized spacial score (nSPS) is 12.3.